The van der Waals surface area contributed by atoms with Crippen LogP contribution in [0.1, 0.15) is 18.9 Å². The minimum atomic E-state index is -1.30. The number of hydrogen-bond acceptors (Lipinski definition) is 3. The van der Waals surface area contributed by atoms with Crippen molar-refractivity contribution in [3.05, 3.63) is 41.1 Å². The van der Waals surface area contributed by atoms with E-state index in [1.807, 2.05) is 24.3 Å². The molecule has 134 valence electrons. The molecule has 0 spiro atoms. The molecular formula is C20H32O3Si. The Morgan fingerprint density at radius 2 is 1.83 bits per heavy atom. The second-order valence-electron chi connectivity index (χ2n) is 7.72. The molecule has 1 aliphatic rings. The first-order valence-electron chi connectivity index (χ1n) is 8.90. The van der Waals surface area contributed by atoms with Gasteiger partial charge in [0, 0.05) is 13.2 Å². The number of aliphatic hydroxyl groups is 1. The van der Waals surface area contributed by atoms with Gasteiger partial charge in [0.1, 0.15) is 5.75 Å². The van der Waals surface area contributed by atoms with Gasteiger partial charge in [0.15, 0.2) is 0 Å². The fraction of sp³-hybridized carbons (Fsp3) is 0.600. The maximum atomic E-state index is 9.68. The van der Waals surface area contributed by atoms with Gasteiger partial charge in [0.2, 0.25) is 0 Å². The molecule has 0 heterocycles. The van der Waals surface area contributed by atoms with Gasteiger partial charge in [-0.05, 0) is 48.8 Å². The van der Waals surface area contributed by atoms with Gasteiger partial charge in [-0.2, -0.15) is 0 Å². The lowest BCUT2D eigenvalue weighted by molar-refractivity contribution is 0.112. The summed E-state index contributed by atoms with van der Waals surface area (Å²) in [4.78, 5) is 0. The normalized spacial score (nSPS) is 24.1. The molecule has 0 saturated heterocycles. The van der Waals surface area contributed by atoms with Crippen LogP contribution in [0.3, 0.4) is 0 Å². The molecule has 0 aliphatic heterocycles. The third kappa shape index (κ3) is 4.71. The average molecular weight is 349 g/mol. The van der Waals surface area contributed by atoms with Gasteiger partial charge < -0.3 is 14.6 Å². The fourth-order valence-corrected chi connectivity index (χ4v) is 6.10. The summed E-state index contributed by atoms with van der Waals surface area (Å²) in [5, 5.41) is 11.3. The average Bonchev–Trinajstić information content (AvgIpc) is 3.24. The summed E-state index contributed by atoms with van der Waals surface area (Å²) in [7, 11) is 0.376. The molecule has 1 fully saturated rings. The van der Waals surface area contributed by atoms with Crippen molar-refractivity contribution >= 4 is 8.07 Å². The Morgan fingerprint density at radius 3 is 2.33 bits per heavy atom. The van der Waals surface area contributed by atoms with Crippen molar-refractivity contribution in [2.75, 3.05) is 20.3 Å². The number of ether oxygens (including phenoxy) is 2. The second-order valence-corrected chi connectivity index (χ2v) is 12.8. The van der Waals surface area contributed by atoms with Crippen molar-refractivity contribution in [2.45, 2.75) is 39.6 Å². The number of hydrogen-bond donors (Lipinski definition) is 1. The first kappa shape index (κ1) is 19.2. The van der Waals surface area contributed by atoms with Gasteiger partial charge in [-0.3, -0.25) is 0 Å². The predicted molar refractivity (Wildman–Crippen MR) is 102 cm³/mol. The molecule has 1 aromatic rings. The van der Waals surface area contributed by atoms with Gasteiger partial charge in [0.25, 0.3) is 0 Å². The Hall–Kier alpha value is -1.10. The van der Waals surface area contributed by atoms with Crippen LogP contribution < -0.4 is 4.74 Å². The highest BCUT2D eigenvalue weighted by molar-refractivity contribution is 6.83. The molecule has 0 radical (unpaired) electrons. The smallest absolute Gasteiger partial charge is 0.118 e. The first-order chi connectivity index (χ1) is 11.4. The Kier molecular flexibility index (Phi) is 6.67. The number of methoxy groups -OCH3 is 1. The zero-order valence-corrected chi connectivity index (χ0v) is 16.7. The maximum Gasteiger partial charge on any atom is 0.118 e. The zero-order valence-electron chi connectivity index (χ0n) is 15.7. The van der Waals surface area contributed by atoms with Crippen molar-refractivity contribution in [1.29, 1.82) is 0 Å². The quantitative estimate of drug-likeness (QED) is 0.535. The highest BCUT2D eigenvalue weighted by Crippen LogP contribution is 2.54. The summed E-state index contributed by atoms with van der Waals surface area (Å²) in [6, 6.07) is 8.00. The molecule has 1 aromatic carbocycles. The van der Waals surface area contributed by atoms with E-state index in [4.69, 9.17) is 9.47 Å². The third-order valence-electron chi connectivity index (χ3n) is 5.10. The van der Waals surface area contributed by atoms with Crippen molar-refractivity contribution in [2.24, 2.45) is 17.8 Å². The van der Waals surface area contributed by atoms with Crippen molar-refractivity contribution in [3.8, 4) is 5.75 Å². The summed E-state index contributed by atoms with van der Waals surface area (Å²) in [5.74, 6) is 2.48. The molecule has 0 amide bonds. The van der Waals surface area contributed by atoms with Crippen LogP contribution >= 0.6 is 0 Å². The Balaban J connectivity index is 1.79. The topological polar surface area (TPSA) is 38.7 Å². The molecule has 0 aromatic heterocycles. The number of benzene rings is 1. The number of aliphatic hydroxyl groups excluding tert-OH is 1. The summed E-state index contributed by atoms with van der Waals surface area (Å²) >= 11 is 0. The SMILES string of the molecule is C/C=C(/C1C(CO)C1CCOCc1ccc(OC)cc1)[Si](C)(C)C. The molecule has 1 aliphatic carbocycles. The molecule has 1 N–H and O–H groups in total. The summed E-state index contributed by atoms with van der Waals surface area (Å²) in [5.41, 5.74) is 1.16. The lowest BCUT2D eigenvalue weighted by Crippen LogP contribution is -2.26. The van der Waals surface area contributed by atoms with Crippen LogP contribution in [0.4, 0.5) is 0 Å². The molecule has 0 bridgehead atoms. The van der Waals surface area contributed by atoms with E-state index >= 15 is 0 Å². The van der Waals surface area contributed by atoms with Crippen molar-refractivity contribution in [3.63, 3.8) is 0 Å². The predicted octanol–water partition coefficient (Wildman–Crippen LogP) is 4.28. The highest BCUT2D eigenvalue weighted by Gasteiger charge is 2.52. The number of rotatable bonds is 9. The van der Waals surface area contributed by atoms with Gasteiger partial charge in [-0.1, -0.05) is 43.0 Å². The minimum absolute atomic E-state index is 0.301. The molecule has 3 nitrogen and oxygen atoms in total. The van der Waals surface area contributed by atoms with E-state index in [9.17, 15) is 5.11 Å². The Morgan fingerprint density at radius 1 is 1.17 bits per heavy atom. The molecule has 24 heavy (non-hydrogen) atoms. The van der Waals surface area contributed by atoms with Gasteiger partial charge in [-0.25, -0.2) is 0 Å². The maximum absolute atomic E-state index is 9.68. The van der Waals surface area contributed by atoms with Crippen LogP contribution in [0.2, 0.25) is 19.6 Å². The van der Waals surface area contributed by atoms with Gasteiger partial charge in [0.05, 0.1) is 21.8 Å². The largest absolute Gasteiger partial charge is 0.497 e. The van der Waals surface area contributed by atoms with Crippen LogP contribution in [-0.4, -0.2) is 33.5 Å². The van der Waals surface area contributed by atoms with E-state index in [2.05, 4.69) is 32.6 Å². The lowest BCUT2D eigenvalue weighted by atomic mass is 10.2. The lowest BCUT2D eigenvalue weighted by Gasteiger charge is -2.21. The molecule has 1 saturated carbocycles. The molecule has 2 rings (SSSR count). The van der Waals surface area contributed by atoms with Crippen LogP contribution in [-0.2, 0) is 11.3 Å². The summed E-state index contributed by atoms with van der Waals surface area (Å²) < 4.78 is 11.0. The van der Waals surface area contributed by atoms with Crippen molar-refractivity contribution < 1.29 is 14.6 Å². The van der Waals surface area contributed by atoms with E-state index in [-0.39, 0.29) is 0 Å². The molecule has 3 unspecified atom stereocenters. The van der Waals surface area contributed by atoms with Gasteiger partial charge >= 0.3 is 0 Å². The van der Waals surface area contributed by atoms with E-state index < -0.39 is 8.07 Å². The van der Waals surface area contributed by atoms with E-state index in [0.717, 1.165) is 24.3 Å². The minimum Gasteiger partial charge on any atom is -0.497 e. The standard InChI is InChI=1S/C20H32O3Si/c1-6-19(24(3,4)5)20-17(18(20)13-21)11-12-23-14-15-7-9-16(22-2)10-8-15/h6-10,17-18,20-21H,11-14H2,1-5H3/b19-6-. The van der Waals surface area contributed by atoms with Crippen LogP contribution in [0.15, 0.2) is 35.5 Å². The Labute approximate surface area is 147 Å². The Bertz CT molecular complexity index is 545. The molecule has 4 heteroatoms. The summed E-state index contributed by atoms with van der Waals surface area (Å²) in [6.07, 6.45) is 3.34. The number of allylic oxidation sites excluding steroid dienone is 2. The summed E-state index contributed by atoms with van der Waals surface area (Å²) in [6.45, 7) is 11.0. The van der Waals surface area contributed by atoms with Crippen LogP contribution in [0.5, 0.6) is 5.75 Å². The fourth-order valence-electron chi connectivity index (χ4n) is 3.81. The first-order valence-corrected chi connectivity index (χ1v) is 12.4. The van der Waals surface area contributed by atoms with E-state index in [0.29, 0.717) is 31.0 Å². The third-order valence-corrected chi connectivity index (χ3v) is 7.46. The zero-order chi connectivity index (χ0) is 17.7. The van der Waals surface area contributed by atoms with E-state index in [1.165, 1.54) is 0 Å². The van der Waals surface area contributed by atoms with Crippen LogP contribution in [0.25, 0.3) is 0 Å². The molecule has 3 atom stereocenters. The molecular weight excluding hydrogens is 316 g/mol. The highest BCUT2D eigenvalue weighted by atomic mass is 28.3. The van der Waals surface area contributed by atoms with Gasteiger partial charge in [-0.15, -0.1) is 0 Å². The van der Waals surface area contributed by atoms with Crippen LogP contribution in [0, 0.1) is 17.8 Å². The second kappa shape index (κ2) is 8.32. The monoisotopic (exact) mass is 348 g/mol. The van der Waals surface area contributed by atoms with E-state index in [1.54, 1.807) is 12.3 Å². The van der Waals surface area contributed by atoms with Crippen molar-refractivity contribution in [1.82, 2.24) is 0 Å².